The fraction of sp³-hybridized carbons (Fsp3) is 0.417. The van der Waals surface area contributed by atoms with E-state index in [1.54, 1.807) is 4.90 Å². The largest absolute Gasteiger partial charge is 0.494 e. The number of carbonyl (C=O) groups is 2. The number of fused-ring (bicyclic) bond motifs is 1. The lowest BCUT2D eigenvalue weighted by Gasteiger charge is -2.21. The molecule has 2 amide bonds. The van der Waals surface area contributed by atoms with Crippen LogP contribution in [0.4, 0.5) is 0 Å². The van der Waals surface area contributed by atoms with E-state index in [4.69, 9.17) is 14.2 Å². The lowest BCUT2D eigenvalue weighted by molar-refractivity contribution is -0.129. The number of ether oxygens (including phenoxy) is 3. The standard InChI is InChI=1S/C24H28N2O5/c1-4-29-20-7-5-15(2)9-19(20)16(3)25-24(28)18-11-23(27)26(13-18)12-17-6-8-21-22(10-17)31-14-30-21/h5-10,16,18H,4,11-14H2,1-3H3,(H,25,28). The van der Waals surface area contributed by atoms with Crippen molar-refractivity contribution in [3.8, 4) is 17.2 Å². The average molecular weight is 424 g/mol. The lowest BCUT2D eigenvalue weighted by atomic mass is 10.0. The molecule has 0 bridgehead atoms. The van der Waals surface area contributed by atoms with Gasteiger partial charge in [-0.3, -0.25) is 9.59 Å². The first kappa shape index (κ1) is 21.0. The molecule has 1 saturated heterocycles. The third-order valence-electron chi connectivity index (χ3n) is 5.69. The van der Waals surface area contributed by atoms with Crippen molar-refractivity contribution >= 4 is 11.8 Å². The number of hydrogen-bond acceptors (Lipinski definition) is 5. The molecule has 2 atom stereocenters. The molecule has 0 saturated carbocycles. The molecule has 2 unspecified atom stereocenters. The summed E-state index contributed by atoms with van der Waals surface area (Å²) in [4.78, 5) is 27.2. The fourth-order valence-corrected chi connectivity index (χ4v) is 4.06. The first-order chi connectivity index (χ1) is 14.9. The Hall–Kier alpha value is -3.22. The molecule has 2 heterocycles. The molecular formula is C24H28N2O5. The third kappa shape index (κ3) is 4.60. The maximum absolute atomic E-state index is 12.9. The summed E-state index contributed by atoms with van der Waals surface area (Å²) in [6, 6.07) is 11.4. The summed E-state index contributed by atoms with van der Waals surface area (Å²) in [6.07, 6.45) is 0.217. The molecule has 2 aliphatic heterocycles. The van der Waals surface area contributed by atoms with E-state index in [1.165, 1.54) is 0 Å². The van der Waals surface area contributed by atoms with E-state index < -0.39 is 0 Å². The van der Waals surface area contributed by atoms with Crippen LogP contribution in [-0.4, -0.2) is 36.7 Å². The number of carbonyl (C=O) groups excluding carboxylic acids is 2. The van der Waals surface area contributed by atoms with Gasteiger partial charge in [0.15, 0.2) is 11.5 Å². The number of aryl methyl sites for hydroxylation is 1. The minimum atomic E-state index is -0.371. The Bertz CT molecular complexity index is 990. The SMILES string of the molecule is CCOc1ccc(C)cc1C(C)NC(=O)C1CC(=O)N(Cc2ccc3c(c2)OCO3)C1. The lowest BCUT2D eigenvalue weighted by Crippen LogP contribution is -2.34. The second-order valence-corrected chi connectivity index (χ2v) is 8.07. The highest BCUT2D eigenvalue weighted by Gasteiger charge is 2.35. The normalized spacial score (nSPS) is 18.2. The van der Waals surface area contributed by atoms with Gasteiger partial charge in [0, 0.05) is 25.1 Å². The highest BCUT2D eigenvalue weighted by Crippen LogP contribution is 2.33. The van der Waals surface area contributed by atoms with E-state index in [2.05, 4.69) is 5.32 Å². The number of likely N-dealkylation sites (tertiary alicyclic amines) is 1. The van der Waals surface area contributed by atoms with Crippen LogP contribution < -0.4 is 19.5 Å². The third-order valence-corrected chi connectivity index (χ3v) is 5.69. The van der Waals surface area contributed by atoms with Crippen molar-refractivity contribution in [2.24, 2.45) is 5.92 Å². The molecule has 2 aromatic rings. The van der Waals surface area contributed by atoms with Gasteiger partial charge < -0.3 is 24.4 Å². The van der Waals surface area contributed by atoms with Gasteiger partial charge >= 0.3 is 0 Å². The van der Waals surface area contributed by atoms with Gasteiger partial charge in [-0.15, -0.1) is 0 Å². The van der Waals surface area contributed by atoms with Crippen LogP contribution in [0.15, 0.2) is 36.4 Å². The molecule has 1 N–H and O–H groups in total. The van der Waals surface area contributed by atoms with Crippen LogP contribution in [0.25, 0.3) is 0 Å². The van der Waals surface area contributed by atoms with Crippen molar-refractivity contribution in [2.75, 3.05) is 19.9 Å². The number of benzene rings is 2. The van der Waals surface area contributed by atoms with E-state index in [9.17, 15) is 9.59 Å². The summed E-state index contributed by atoms with van der Waals surface area (Å²) < 4.78 is 16.5. The topological polar surface area (TPSA) is 77.1 Å². The second-order valence-electron chi connectivity index (χ2n) is 8.07. The zero-order chi connectivity index (χ0) is 22.0. The molecule has 2 aromatic carbocycles. The highest BCUT2D eigenvalue weighted by molar-refractivity contribution is 5.89. The zero-order valence-electron chi connectivity index (χ0n) is 18.1. The van der Waals surface area contributed by atoms with Gasteiger partial charge in [0.25, 0.3) is 0 Å². The van der Waals surface area contributed by atoms with Crippen LogP contribution in [0.2, 0.25) is 0 Å². The van der Waals surface area contributed by atoms with Gasteiger partial charge in [-0.1, -0.05) is 23.8 Å². The predicted molar refractivity (Wildman–Crippen MR) is 115 cm³/mol. The Labute approximate surface area is 182 Å². The first-order valence-corrected chi connectivity index (χ1v) is 10.6. The minimum Gasteiger partial charge on any atom is -0.494 e. The number of hydrogen-bond donors (Lipinski definition) is 1. The summed E-state index contributed by atoms with van der Waals surface area (Å²) in [6.45, 7) is 7.51. The summed E-state index contributed by atoms with van der Waals surface area (Å²) >= 11 is 0. The van der Waals surface area contributed by atoms with Crippen LogP contribution in [0.5, 0.6) is 17.2 Å². The molecule has 0 spiro atoms. The van der Waals surface area contributed by atoms with E-state index in [0.717, 1.165) is 22.4 Å². The Morgan fingerprint density at radius 1 is 1.23 bits per heavy atom. The molecule has 0 aliphatic carbocycles. The fourth-order valence-electron chi connectivity index (χ4n) is 4.06. The molecule has 1 fully saturated rings. The molecule has 0 radical (unpaired) electrons. The van der Waals surface area contributed by atoms with Gasteiger partial charge in [0.1, 0.15) is 5.75 Å². The summed E-state index contributed by atoms with van der Waals surface area (Å²) in [5.74, 6) is 1.67. The van der Waals surface area contributed by atoms with Crippen molar-refractivity contribution in [1.82, 2.24) is 10.2 Å². The molecule has 164 valence electrons. The smallest absolute Gasteiger partial charge is 0.231 e. The quantitative estimate of drug-likeness (QED) is 0.738. The van der Waals surface area contributed by atoms with Gasteiger partial charge in [-0.25, -0.2) is 0 Å². The van der Waals surface area contributed by atoms with Crippen LogP contribution in [0, 0.1) is 12.8 Å². The Morgan fingerprint density at radius 3 is 2.84 bits per heavy atom. The van der Waals surface area contributed by atoms with Crippen molar-refractivity contribution in [2.45, 2.75) is 39.8 Å². The zero-order valence-corrected chi connectivity index (χ0v) is 18.1. The van der Waals surface area contributed by atoms with Crippen LogP contribution in [0.3, 0.4) is 0 Å². The van der Waals surface area contributed by atoms with E-state index in [-0.39, 0.29) is 37.0 Å². The summed E-state index contributed by atoms with van der Waals surface area (Å²) in [5.41, 5.74) is 3.00. The molecule has 7 heteroatoms. The van der Waals surface area contributed by atoms with Crippen LogP contribution in [-0.2, 0) is 16.1 Å². The van der Waals surface area contributed by atoms with Crippen molar-refractivity contribution in [3.05, 3.63) is 53.1 Å². The number of amides is 2. The predicted octanol–water partition coefficient (Wildman–Crippen LogP) is 3.35. The Kier molecular flexibility index (Phi) is 6.02. The van der Waals surface area contributed by atoms with Gasteiger partial charge in [0.05, 0.1) is 18.6 Å². The van der Waals surface area contributed by atoms with Gasteiger partial charge in [0.2, 0.25) is 18.6 Å². The molecule has 7 nitrogen and oxygen atoms in total. The van der Waals surface area contributed by atoms with E-state index >= 15 is 0 Å². The molecule has 0 aromatic heterocycles. The van der Waals surface area contributed by atoms with Crippen LogP contribution >= 0.6 is 0 Å². The van der Waals surface area contributed by atoms with Gasteiger partial charge in [-0.2, -0.15) is 0 Å². The Balaban J connectivity index is 1.39. The van der Waals surface area contributed by atoms with Crippen molar-refractivity contribution in [1.29, 1.82) is 0 Å². The van der Waals surface area contributed by atoms with E-state index in [0.29, 0.717) is 31.2 Å². The minimum absolute atomic E-state index is 0.0176. The maximum atomic E-state index is 12.9. The molecule has 31 heavy (non-hydrogen) atoms. The molecular weight excluding hydrogens is 396 g/mol. The monoisotopic (exact) mass is 424 g/mol. The Morgan fingerprint density at radius 2 is 2.03 bits per heavy atom. The maximum Gasteiger partial charge on any atom is 0.231 e. The van der Waals surface area contributed by atoms with Crippen LogP contribution in [0.1, 0.15) is 43.0 Å². The summed E-state index contributed by atoms with van der Waals surface area (Å²) in [5, 5.41) is 3.07. The highest BCUT2D eigenvalue weighted by atomic mass is 16.7. The average Bonchev–Trinajstić information content (AvgIpc) is 3.36. The van der Waals surface area contributed by atoms with E-state index in [1.807, 2.05) is 57.2 Å². The van der Waals surface area contributed by atoms with Crippen molar-refractivity contribution < 1.29 is 23.8 Å². The molecule has 4 rings (SSSR count). The van der Waals surface area contributed by atoms with Gasteiger partial charge in [-0.05, 0) is 44.5 Å². The number of nitrogens with zero attached hydrogens (tertiary/aromatic N) is 1. The number of nitrogens with one attached hydrogen (secondary N) is 1. The second kappa shape index (κ2) is 8.88. The number of rotatable bonds is 7. The molecule has 2 aliphatic rings. The summed E-state index contributed by atoms with van der Waals surface area (Å²) in [7, 11) is 0. The first-order valence-electron chi connectivity index (χ1n) is 10.6. The van der Waals surface area contributed by atoms with Crippen molar-refractivity contribution in [3.63, 3.8) is 0 Å².